The van der Waals surface area contributed by atoms with Crippen LogP contribution >= 0.6 is 11.8 Å². The molecule has 1 aliphatic rings. The van der Waals surface area contributed by atoms with Crippen LogP contribution in [0.4, 0.5) is 5.69 Å². The van der Waals surface area contributed by atoms with Crippen molar-refractivity contribution in [2.24, 2.45) is 0 Å². The van der Waals surface area contributed by atoms with E-state index in [4.69, 9.17) is 0 Å². The quantitative estimate of drug-likeness (QED) is 0.772. The van der Waals surface area contributed by atoms with Gasteiger partial charge >= 0.3 is 0 Å². The second kappa shape index (κ2) is 9.46. The molecule has 0 radical (unpaired) electrons. The van der Waals surface area contributed by atoms with Crippen LogP contribution in [-0.4, -0.2) is 37.2 Å². The molecule has 6 heteroatoms. The van der Waals surface area contributed by atoms with Crippen LogP contribution in [0.25, 0.3) is 0 Å². The Hall–Kier alpha value is -2.47. The number of thioether (sulfide) groups is 1. The zero-order valence-electron chi connectivity index (χ0n) is 15.5. The zero-order chi connectivity index (χ0) is 19.1. The second-order valence-electron chi connectivity index (χ2n) is 6.45. The van der Waals surface area contributed by atoms with Crippen LogP contribution in [0, 0.1) is 0 Å². The predicted molar refractivity (Wildman–Crippen MR) is 111 cm³/mol. The molecule has 142 valence electrons. The molecule has 0 unspecified atom stereocenters. The minimum absolute atomic E-state index is 0.0527. The van der Waals surface area contributed by atoms with E-state index in [0.717, 1.165) is 29.3 Å². The average molecular weight is 384 g/mol. The first kappa shape index (κ1) is 19.3. The van der Waals surface area contributed by atoms with Crippen molar-refractivity contribution in [2.45, 2.75) is 19.2 Å². The van der Waals surface area contributed by atoms with E-state index in [1.165, 1.54) is 5.56 Å². The van der Waals surface area contributed by atoms with Gasteiger partial charge in [-0.25, -0.2) is 0 Å². The summed E-state index contributed by atoms with van der Waals surface area (Å²) in [4.78, 5) is 25.9. The molecule has 2 N–H and O–H groups in total. The summed E-state index contributed by atoms with van der Waals surface area (Å²) >= 11 is 1.87. The maximum Gasteiger partial charge on any atom is 0.251 e. The van der Waals surface area contributed by atoms with Crippen molar-refractivity contribution in [2.75, 3.05) is 30.3 Å². The SMILES string of the molecule is CCSCc1ccc(C(=O)NCc2ccc(N3CCNC(=O)C3)cc2)cc1. The number of nitrogens with zero attached hydrogens (tertiary/aromatic N) is 1. The molecule has 0 saturated carbocycles. The lowest BCUT2D eigenvalue weighted by molar-refractivity contribution is -0.120. The number of piperazine rings is 1. The van der Waals surface area contributed by atoms with Gasteiger partial charge in [-0.05, 0) is 41.1 Å². The van der Waals surface area contributed by atoms with Crippen LogP contribution in [-0.2, 0) is 17.1 Å². The third kappa shape index (κ3) is 5.50. The molecule has 1 aliphatic heterocycles. The summed E-state index contributed by atoms with van der Waals surface area (Å²) in [6.45, 7) is 4.50. The lowest BCUT2D eigenvalue weighted by atomic mass is 10.1. The fraction of sp³-hybridized carbons (Fsp3) is 0.333. The average Bonchev–Trinajstić information content (AvgIpc) is 2.71. The molecule has 0 aromatic heterocycles. The summed E-state index contributed by atoms with van der Waals surface area (Å²) in [5, 5.41) is 5.79. The van der Waals surface area contributed by atoms with E-state index in [-0.39, 0.29) is 11.8 Å². The highest BCUT2D eigenvalue weighted by Gasteiger charge is 2.16. The number of benzene rings is 2. The minimum atomic E-state index is -0.0681. The third-order valence-corrected chi connectivity index (χ3v) is 5.43. The van der Waals surface area contributed by atoms with Crippen LogP contribution in [0.2, 0.25) is 0 Å². The van der Waals surface area contributed by atoms with Gasteiger partial charge in [-0.3, -0.25) is 9.59 Å². The number of nitrogens with one attached hydrogen (secondary N) is 2. The highest BCUT2D eigenvalue weighted by atomic mass is 32.2. The Morgan fingerprint density at radius 3 is 2.48 bits per heavy atom. The molecule has 1 heterocycles. The van der Waals surface area contributed by atoms with Gasteiger partial charge in [0.15, 0.2) is 0 Å². The Morgan fingerprint density at radius 2 is 1.81 bits per heavy atom. The highest BCUT2D eigenvalue weighted by molar-refractivity contribution is 7.98. The fourth-order valence-corrected chi connectivity index (χ4v) is 3.57. The van der Waals surface area contributed by atoms with Gasteiger partial charge in [0.25, 0.3) is 5.91 Å². The van der Waals surface area contributed by atoms with Gasteiger partial charge in [-0.15, -0.1) is 0 Å². The Labute approximate surface area is 164 Å². The topological polar surface area (TPSA) is 61.4 Å². The van der Waals surface area contributed by atoms with Gasteiger partial charge in [-0.1, -0.05) is 31.2 Å². The Kier molecular flexibility index (Phi) is 6.76. The summed E-state index contributed by atoms with van der Waals surface area (Å²) < 4.78 is 0. The Morgan fingerprint density at radius 1 is 1.11 bits per heavy atom. The number of anilines is 1. The summed E-state index contributed by atoms with van der Waals surface area (Å²) in [7, 11) is 0. The van der Waals surface area contributed by atoms with Crippen molar-refractivity contribution in [1.29, 1.82) is 0 Å². The fourth-order valence-electron chi connectivity index (χ4n) is 2.94. The highest BCUT2D eigenvalue weighted by Crippen LogP contribution is 2.16. The number of carbonyl (C=O) groups excluding carboxylic acids is 2. The van der Waals surface area contributed by atoms with Crippen LogP contribution < -0.4 is 15.5 Å². The number of amides is 2. The Bertz CT molecular complexity index is 775. The molecule has 1 fully saturated rings. The van der Waals surface area contributed by atoms with Crippen molar-refractivity contribution < 1.29 is 9.59 Å². The molecule has 27 heavy (non-hydrogen) atoms. The van der Waals surface area contributed by atoms with Gasteiger partial charge in [0.1, 0.15) is 0 Å². The van der Waals surface area contributed by atoms with Crippen molar-refractivity contribution >= 4 is 29.3 Å². The summed E-state index contributed by atoms with van der Waals surface area (Å²) in [6, 6.07) is 15.8. The molecule has 0 atom stereocenters. The largest absolute Gasteiger partial charge is 0.360 e. The standard InChI is InChI=1S/C21H25N3O2S/c1-2-27-15-17-3-7-18(8-4-17)21(26)23-13-16-5-9-19(10-6-16)24-12-11-22-20(25)14-24/h3-10H,2,11-15H2,1H3,(H,22,25)(H,23,26). The van der Waals surface area contributed by atoms with Crippen molar-refractivity contribution in [3.05, 3.63) is 65.2 Å². The van der Waals surface area contributed by atoms with Crippen molar-refractivity contribution in [3.63, 3.8) is 0 Å². The molecule has 0 aliphatic carbocycles. The molecule has 0 bridgehead atoms. The summed E-state index contributed by atoms with van der Waals surface area (Å²) in [5.41, 5.74) is 3.97. The van der Waals surface area contributed by atoms with Gasteiger partial charge in [0, 0.05) is 36.6 Å². The maximum absolute atomic E-state index is 12.3. The molecule has 2 aromatic rings. The maximum atomic E-state index is 12.3. The number of rotatable bonds is 7. The number of carbonyl (C=O) groups is 2. The van der Waals surface area contributed by atoms with E-state index in [9.17, 15) is 9.59 Å². The first-order valence-electron chi connectivity index (χ1n) is 9.21. The van der Waals surface area contributed by atoms with Gasteiger partial charge in [-0.2, -0.15) is 11.8 Å². The smallest absolute Gasteiger partial charge is 0.251 e. The van der Waals surface area contributed by atoms with Crippen LogP contribution in [0.15, 0.2) is 48.5 Å². The monoisotopic (exact) mass is 383 g/mol. The first-order valence-corrected chi connectivity index (χ1v) is 10.4. The van der Waals surface area contributed by atoms with E-state index in [0.29, 0.717) is 25.2 Å². The molecular weight excluding hydrogens is 358 g/mol. The van der Waals surface area contributed by atoms with Gasteiger partial charge < -0.3 is 15.5 Å². The molecular formula is C21H25N3O2S. The van der Waals surface area contributed by atoms with Crippen LogP contribution in [0.3, 0.4) is 0 Å². The Balaban J connectivity index is 1.52. The van der Waals surface area contributed by atoms with Gasteiger partial charge in [0.05, 0.1) is 6.54 Å². The van der Waals surface area contributed by atoms with Crippen molar-refractivity contribution in [1.82, 2.24) is 10.6 Å². The van der Waals surface area contributed by atoms with Crippen molar-refractivity contribution in [3.8, 4) is 0 Å². The first-order chi connectivity index (χ1) is 13.2. The third-order valence-electron chi connectivity index (χ3n) is 4.48. The van der Waals surface area contributed by atoms with E-state index in [1.807, 2.05) is 60.3 Å². The lowest BCUT2D eigenvalue weighted by Gasteiger charge is -2.28. The molecule has 2 aromatic carbocycles. The normalized spacial score (nSPS) is 14.0. The summed E-state index contributed by atoms with van der Waals surface area (Å²) in [6.07, 6.45) is 0. The molecule has 1 saturated heterocycles. The number of hydrogen-bond donors (Lipinski definition) is 2. The molecule has 5 nitrogen and oxygen atoms in total. The predicted octanol–water partition coefficient (Wildman–Crippen LogP) is 2.81. The van der Waals surface area contributed by atoms with Crippen LogP contribution in [0.1, 0.15) is 28.4 Å². The lowest BCUT2D eigenvalue weighted by Crippen LogP contribution is -2.47. The van der Waals surface area contributed by atoms with Crippen LogP contribution in [0.5, 0.6) is 0 Å². The van der Waals surface area contributed by atoms with Gasteiger partial charge in [0.2, 0.25) is 5.91 Å². The zero-order valence-corrected chi connectivity index (χ0v) is 16.3. The summed E-state index contributed by atoms with van der Waals surface area (Å²) in [5.74, 6) is 2.05. The van der Waals surface area contributed by atoms with E-state index in [2.05, 4.69) is 22.5 Å². The van der Waals surface area contributed by atoms with E-state index >= 15 is 0 Å². The number of hydrogen-bond acceptors (Lipinski definition) is 4. The molecule has 2 amide bonds. The second-order valence-corrected chi connectivity index (χ2v) is 7.73. The molecule has 0 spiro atoms. The van der Waals surface area contributed by atoms with E-state index in [1.54, 1.807) is 0 Å². The molecule has 3 rings (SSSR count). The minimum Gasteiger partial charge on any atom is -0.360 e. The van der Waals surface area contributed by atoms with E-state index < -0.39 is 0 Å².